The Morgan fingerprint density at radius 3 is 2.43 bits per heavy atom. The molecule has 0 bridgehead atoms. The maximum Gasteiger partial charge on any atom is 0.255 e. The van der Waals surface area contributed by atoms with Crippen LogP contribution in [0.5, 0.6) is 5.75 Å². The van der Waals surface area contributed by atoms with Crippen molar-refractivity contribution in [2.24, 2.45) is 17.6 Å². The minimum atomic E-state index is -2.76. The molecule has 6 N–H and O–H groups in total. The summed E-state index contributed by atoms with van der Waals surface area (Å²) in [6.07, 6.45) is 0.978. The molecule has 0 spiro atoms. The Bertz CT molecular complexity index is 1740. The van der Waals surface area contributed by atoms with Crippen molar-refractivity contribution in [2.45, 2.75) is 56.3 Å². The van der Waals surface area contributed by atoms with Crippen LogP contribution in [0.4, 0.5) is 4.39 Å². The topological polar surface area (TPSA) is 188 Å². The lowest BCUT2D eigenvalue weighted by atomic mass is 9.57. The number of likely N-dealkylation sites (N-methyl/N-ethyl adjacent to an activating group) is 1. The first-order valence-electron chi connectivity index (χ1n) is 15.2. The van der Waals surface area contributed by atoms with Crippen LogP contribution in [0.2, 0.25) is 0 Å². The van der Waals surface area contributed by atoms with E-state index in [0.717, 1.165) is 6.42 Å². The molecule has 0 aromatic heterocycles. The molecule has 2 aromatic carbocycles. The average Bonchev–Trinajstić information content (AvgIpc) is 3.54. The summed E-state index contributed by atoms with van der Waals surface area (Å²) in [7, 11) is 3.06. The Kier molecular flexibility index (Phi) is 7.86. The van der Waals surface area contributed by atoms with Crippen molar-refractivity contribution in [3.8, 4) is 16.9 Å². The van der Waals surface area contributed by atoms with Crippen molar-refractivity contribution in [3.63, 3.8) is 0 Å². The molecule has 5 atom stereocenters. The van der Waals surface area contributed by atoms with Crippen molar-refractivity contribution in [1.29, 1.82) is 0 Å². The fourth-order valence-corrected chi connectivity index (χ4v) is 7.70. The number of phenolic OH excluding ortho intramolecular Hbond substituents is 1. The van der Waals surface area contributed by atoms with Crippen LogP contribution in [-0.4, -0.2) is 87.0 Å². The van der Waals surface area contributed by atoms with Gasteiger partial charge in [0.25, 0.3) is 5.91 Å². The average molecular weight is 635 g/mol. The second-order valence-corrected chi connectivity index (χ2v) is 12.7. The molecule has 1 amide bonds. The van der Waals surface area contributed by atoms with Crippen molar-refractivity contribution >= 4 is 29.0 Å². The standard InChI is InChI=1S/C34H35FN2O9/c1-37(2)27-21-14-17-13-20-19(15-5-8-18(35)9-6-15)12-16(7-10-22(38)23-4-3-11-46-23)28(39)25(20)29(40)24(17)31(42)34(21,45)32(43)26(30(27)41)33(36)44/h5-6,8-9,12,17,21,23,27,39-40,43,45H,3-4,7,10-11,13-14H2,1-2H3,(H2,36,44)/t17-,21-,23?,27-,34-/m0/s1. The molecule has 1 saturated heterocycles. The Hall–Kier alpha value is -4.39. The zero-order valence-electron chi connectivity index (χ0n) is 25.4. The highest BCUT2D eigenvalue weighted by molar-refractivity contribution is 6.24. The zero-order valence-corrected chi connectivity index (χ0v) is 25.4. The van der Waals surface area contributed by atoms with E-state index in [9.17, 15) is 44.0 Å². The number of aryl methyl sites for hydroxylation is 1. The molecule has 4 aliphatic rings. The summed E-state index contributed by atoms with van der Waals surface area (Å²) in [4.78, 5) is 54.0. The SMILES string of the molecule is CN(C)[C@@H]1C(=O)C(C(N)=O)=C(O)[C@@]2(O)C(=O)C3=C(O)c4c(O)c(CCC(=O)C5CCCO5)cc(-c5ccc(F)cc5)c4C[C@H]3C[C@@H]12. The van der Waals surface area contributed by atoms with E-state index in [0.29, 0.717) is 35.3 Å². The number of rotatable bonds is 7. The molecular weight excluding hydrogens is 599 g/mol. The molecule has 1 unspecified atom stereocenters. The number of hydrogen-bond donors (Lipinski definition) is 5. The second-order valence-electron chi connectivity index (χ2n) is 12.7. The maximum absolute atomic E-state index is 14.2. The molecule has 2 fully saturated rings. The minimum Gasteiger partial charge on any atom is -0.508 e. The number of Topliss-reactive ketones (excluding diaryl/α,β-unsaturated/α-hetero) is 3. The molecule has 3 aliphatic carbocycles. The first-order chi connectivity index (χ1) is 21.8. The van der Waals surface area contributed by atoms with Gasteiger partial charge in [0.2, 0.25) is 5.78 Å². The van der Waals surface area contributed by atoms with Crippen molar-refractivity contribution < 1.29 is 48.7 Å². The zero-order chi connectivity index (χ0) is 33.2. The summed E-state index contributed by atoms with van der Waals surface area (Å²) in [5, 5.41) is 46.3. The van der Waals surface area contributed by atoms with E-state index in [4.69, 9.17) is 10.5 Å². The maximum atomic E-state index is 14.2. The van der Waals surface area contributed by atoms with E-state index in [1.165, 1.54) is 31.1 Å². The van der Waals surface area contributed by atoms with Crippen LogP contribution < -0.4 is 5.73 Å². The van der Waals surface area contributed by atoms with Gasteiger partial charge in [-0.05, 0) is 92.6 Å². The number of ether oxygens (including phenoxy) is 1. The van der Waals surface area contributed by atoms with Crippen molar-refractivity contribution in [3.05, 3.63) is 69.7 Å². The highest BCUT2D eigenvalue weighted by Gasteiger charge is 2.64. The summed E-state index contributed by atoms with van der Waals surface area (Å²) in [6.45, 7) is 0.494. The predicted molar refractivity (Wildman–Crippen MR) is 162 cm³/mol. The molecule has 11 nitrogen and oxygen atoms in total. The first kappa shape index (κ1) is 31.6. The number of carbonyl (C=O) groups is 4. The Morgan fingerprint density at radius 1 is 1.13 bits per heavy atom. The van der Waals surface area contributed by atoms with Gasteiger partial charge in [0.05, 0.1) is 11.6 Å². The number of primary amides is 1. The predicted octanol–water partition coefficient (Wildman–Crippen LogP) is 2.45. The number of aliphatic hydroxyl groups excluding tert-OH is 2. The number of amides is 1. The second kappa shape index (κ2) is 11.4. The van der Waals surface area contributed by atoms with Gasteiger partial charge in [-0.3, -0.25) is 24.1 Å². The molecule has 2 aromatic rings. The van der Waals surface area contributed by atoms with Gasteiger partial charge in [-0.15, -0.1) is 0 Å². The third-order valence-electron chi connectivity index (χ3n) is 9.88. The van der Waals surface area contributed by atoms with Gasteiger partial charge in [0, 0.05) is 24.5 Å². The number of aromatic hydroxyl groups is 1. The van der Waals surface area contributed by atoms with Gasteiger partial charge in [0.1, 0.15) is 34.8 Å². The third-order valence-corrected chi connectivity index (χ3v) is 9.88. The number of phenols is 1. The summed E-state index contributed by atoms with van der Waals surface area (Å²) in [6, 6.07) is 6.10. The molecule has 1 saturated carbocycles. The number of aliphatic hydroxyl groups is 3. The van der Waals surface area contributed by atoms with E-state index in [-0.39, 0.29) is 48.4 Å². The van der Waals surface area contributed by atoms with Crippen LogP contribution in [-0.2, 0) is 36.8 Å². The van der Waals surface area contributed by atoms with Crippen LogP contribution in [0.15, 0.2) is 47.2 Å². The highest BCUT2D eigenvalue weighted by atomic mass is 19.1. The molecular formula is C34H35FN2O9. The fourth-order valence-electron chi connectivity index (χ4n) is 7.70. The summed E-state index contributed by atoms with van der Waals surface area (Å²) in [5.41, 5.74) is 3.23. The van der Waals surface area contributed by atoms with Crippen LogP contribution in [0.25, 0.3) is 16.9 Å². The van der Waals surface area contributed by atoms with Gasteiger partial charge in [-0.2, -0.15) is 0 Å². The van der Waals surface area contributed by atoms with E-state index in [1.54, 1.807) is 18.2 Å². The number of ketones is 3. The van der Waals surface area contributed by atoms with Crippen molar-refractivity contribution in [1.82, 2.24) is 4.90 Å². The Balaban J connectivity index is 1.52. The van der Waals surface area contributed by atoms with E-state index in [2.05, 4.69) is 0 Å². The molecule has 1 heterocycles. The lowest BCUT2D eigenvalue weighted by Crippen LogP contribution is -2.65. The lowest BCUT2D eigenvalue weighted by molar-refractivity contribution is -0.153. The molecule has 0 radical (unpaired) electrons. The van der Waals surface area contributed by atoms with Crippen LogP contribution in [0.3, 0.4) is 0 Å². The number of fused-ring (bicyclic) bond motifs is 3. The molecule has 1 aliphatic heterocycles. The van der Waals surface area contributed by atoms with E-state index >= 15 is 0 Å². The Labute approximate surface area is 263 Å². The summed E-state index contributed by atoms with van der Waals surface area (Å²) >= 11 is 0. The van der Waals surface area contributed by atoms with Gasteiger partial charge in [-0.25, -0.2) is 4.39 Å². The van der Waals surface area contributed by atoms with Crippen LogP contribution >= 0.6 is 0 Å². The van der Waals surface area contributed by atoms with Gasteiger partial charge in [0.15, 0.2) is 17.2 Å². The quantitative estimate of drug-likeness (QED) is 0.283. The summed E-state index contributed by atoms with van der Waals surface area (Å²) < 4.78 is 19.4. The highest BCUT2D eigenvalue weighted by Crippen LogP contribution is 2.54. The van der Waals surface area contributed by atoms with E-state index in [1.807, 2.05) is 0 Å². The number of halogens is 1. The number of hydrogen-bond acceptors (Lipinski definition) is 10. The van der Waals surface area contributed by atoms with Gasteiger partial charge in [-0.1, -0.05) is 12.1 Å². The lowest BCUT2D eigenvalue weighted by Gasteiger charge is -2.50. The number of nitrogens with zero attached hydrogens (tertiary/aromatic N) is 1. The molecule has 12 heteroatoms. The first-order valence-corrected chi connectivity index (χ1v) is 15.2. The Morgan fingerprint density at radius 2 is 1.83 bits per heavy atom. The largest absolute Gasteiger partial charge is 0.508 e. The number of benzene rings is 2. The molecule has 242 valence electrons. The molecule has 6 rings (SSSR count). The van der Waals surface area contributed by atoms with Crippen LogP contribution in [0, 0.1) is 17.7 Å². The normalized spacial score (nSPS) is 27.5. The molecule has 46 heavy (non-hydrogen) atoms. The van der Waals surface area contributed by atoms with E-state index < -0.39 is 70.0 Å². The van der Waals surface area contributed by atoms with Crippen molar-refractivity contribution in [2.75, 3.05) is 20.7 Å². The van der Waals surface area contributed by atoms with Gasteiger partial charge < -0.3 is 30.9 Å². The number of carbonyl (C=O) groups excluding carboxylic acids is 4. The summed E-state index contributed by atoms with van der Waals surface area (Å²) in [5.74, 6) is -8.02. The minimum absolute atomic E-state index is 0.0364. The fraction of sp³-hybridized carbons (Fsp3) is 0.412. The smallest absolute Gasteiger partial charge is 0.255 e. The number of nitrogens with two attached hydrogens (primary N) is 1. The monoisotopic (exact) mass is 634 g/mol. The van der Waals surface area contributed by atoms with Gasteiger partial charge >= 0.3 is 0 Å². The third kappa shape index (κ3) is 4.74. The van der Waals surface area contributed by atoms with Crippen LogP contribution in [0.1, 0.15) is 42.4 Å².